The van der Waals surface area contributed by atoms with Crippen LogP contribution < -0.4 is 5.32 Å². The van der Waals surface area contributed by atoms with E-state index in [9.17, 15) is 4.48 Å². The highest BCUT2D eigenvalue weighted by molar-refractivity contribution is 4.80. The van der Waals surface area contributed by atoms with Crippen LogP contribution in [0.2, 0.25) is 0 Å². The highest BCUT2D eigenvalue weighted by Gasteiger charge is 2.20. The molecule has 0 aromatic rings. The summed E-state index contributed by atoms with van der Waals surface area (Å²) >= 11 is 0. The Morgan fingerprint density at radius 2 is 2.33 bits per heavy atom. The number of aliphatic hydroxyl groups excluding tert-OH is 1. The third-order valence-corrected chi connectivity index (χ3v) is 2.34. The maximum absolute atomic E-state index is 12.4. The standard InChI is InChI=1S/C8H17FN2O/c1-7-2-3-8(10-7)4-5-11(9)6-12/h7-8,10,12H,2-6H2,1H3. The molecule has 1 rings (SSSR count). The second kappa shape index (κ2) is 4.74. The summed E-state index contributed by atoms with van der Waals surface area (Å²) in [6, 6.07) is 1.00. The summed E-state index contributed by atoms with van der Waals surface area (Å²) in [5, 5.41) is 12.2. The van der Waals surface area contributed by atoms with Crippen LogP contribution in [0.3, 0.4) is 0 Å². The van der Waals surface area contributed by atoms with Gasteiger partial charge in [0.15, 0.2) is 0 Å². The van der Waals surface area contributed by atoms with E-state index in [-0.39, 0.29) is 0 Å². The summed E-state index contributed by atoms with van der Waals surface area (Å²) < 4.78 is 12.4. The van der Waals surface area contributed by atoms with Crippen molar-refractivity contribution < 1.29 is 9.59 Å². The van der Waals surface area contributed by atoms with Crippen molar-refractivity contribution in [1.29, 1.82) is 0 Å². The van der Waals surface area contributed by atoms with Gasteiger partial charge in [0.2, 0.25) is 0 Å². The van der Waals surface area contributed by atoms with E-state index in [1.54, 1.807) is 0 Å². The van der Waals surface area contributed by atoms with Crippen LogP contribution in [0.4, 0.5) is 4.48 Å². The Morgan fingerprint density at radius 1 is 1.58 bits per heavy atom. The van der Waals surface area contributed by atoms with Gasteiger partial charge in [-0.1, -0.05) is 0 Å². The van der Waals surface area contributed by atoms with Gasteiger partial charge in [-0.2, -0.15) is 0 Å². The highest BCUT2D eigenvalue weighted by Crippen LogP contribution is 2.14. The Bertz CT molecular complexity index is 134. The Balaban J connectivity index is 2.07. The van der Waals surface area contributed by atoms with Crippen LogP contribution in [0.1, 0.15) is 26.2 Å². The second-order valence-electron chi connectivity index (χ2n) is 3.46. The van der Waals surface area contributed by atoms with E-state index >= 15 is 0 Å². The molecule has 2 unspecified atom stereocenters. The molecule has 4 heteroatoms. The van der Waals surface area contributed by atoms with E-state index < -0.39 is 6.73 Å². The van der Waals surface area contributed by atoms with Crippen molar-refractivity contribution in [2.75, 3.05) is 13.3 Å². The number of hydrogen-bond acceptors (Lipinski definition) is 3. The zero-order valence-corrected chi connectivity index (χ0v) is 7.46. The summed E-state index contributed by atoms with van der Waals surface area (Å²) in [7, 11) is 0. The minimum Gasteiger partial charge on any atom is -0.379 e. The van der Waals surface area contributed by atoms with Gasteiger partial charge >= 0.3 is 0 Å². The van der Waals surface area contributed by atoms with Crippen LogP contribution in [0.15, 0.2) is 0 Å². The Kier molecular flexibility index (Phi) is 3.91. The van der Waals surface area contributed by atoms with Crippen molar-refractivity contribution in [2.24, 2.45) is 0 Å². The average molecular weight is 176 g/mol. The number of nitrogens with one attached hydrogen (secondary N) is 1. The van der Waals surface area contributed by atoms with Gasteiger partial charge in [0.1, 0.15) is 6.73 Å². The van der Waals surface area contributed by atoms with E-state index in [1.165, 1.54) is 6.42 Å². The molecule has 0 aromatic heterocycles. The number of hydrogen-bond donors (Lipinski definition) is 2. The van der Waals surface area contributed by atoms with Gasteiger partial charge in [-0.15, -0.1) is 9.60 Å². The van der Waals surface area contributed by atoms with Crippen LogP contribution in [-0.4, -0.2) is 35.6 Å². The van der Waals surface area contributed by atoms with E-state index in [0.717, 1.165) is 12.8 Å². The van der Waals surface area contributed by atoms with Crippen molar-refractivity contribution in [1.82, 2.24) is 10.4 Å². The van der Waals surface area contributed by atoms with Crippen LogP contribution in [0.5, 0.6) is 0 Å². The smallest absolute Gasteiger partial charge is 0.124 e. The highest BCUT2D eigenvalue weighted by atomic mass is 19.2. The van der Waals surface area contributed by atoms with E-state index in [4.69, 9.17) is 5.11 Å². The average Bonchev–Trinajstić information content (AvgIpc) is 2.47. The molecule has 72 valence electrons. The first-order valence-corrected chi connectivity index (χ1v) is 4.50. The fourth-order valence-corrected chi connectivity index (χ4v) is 1.61. The summed E-state index contributed by atoms with van der Waals surface area (Å²) in [6.45, 7) is 1.96. The molecule has 0 saturated carbocycles. The SMILES string of the molecule is CC1CCC(CCN(F)CO)N1. The number of aliphatic hydroxyl groups is 1. The fourth-order valence-electron chi connectivity index (χ4n) is 1.61. The van der Waals surface area contributed by atoms with E-state index in [0.29, 0.717) is 23.8 Å². The first-order valence-electron chi connectivity index (χ1n) is 4.50. The second-order valence-corrected chi connectivity index (χ2v) is 3.46. The zero-order valence-electron chi connectivity index (χ0n) is 7.46. The number of halogens is 1. The van der Waals surface area contributed by atoms with Crippen LogP contribution in [-0.2, 0) is 0 Å². The lowest BCUT2D eigenvalue weighted by Gasteiger charge is -2.13. The maximum atomic E-state index is 12.4. The van der Waals surface area contributed by atoms with E-state index in [1.807, 2.05) is 0 Å². The van der Waals surface area contributed by atoms with Gasteiger partial charge < -0.3 is 10.4 Å². The normalized spacial score (nSPS) is 30.0. The fraction of sp³-hybridized carbons (Fsp3) is 1.00. The zero-order chi connectivity index (χ0) is 8.97. The lowest BCUT2D eigenvalue weighted by atomic mass is 10.1. The molecule has 0 aromatic carbocycles. The Morgan fingerprint density at radius 3 is 2.83 bits per heavy atom. The Labute approximate surface area is 72.5 Å². The third kappa shape index (κ3) is 3.05. The molecule has 1 aliphatic rings. The molecule has 1 heterocycles. The van der Waals surface area contributed by atoms with Gasteiger partial charge in [0, 0.05) is 18.6 Å². The van der Waals surface area contributed by atoms with Gasteiger partial charge in [0.05, 0.1) is 0 Å². The first kappa shape index (κ1) is 9.89. The van der Waals surface area contributed by atoms with Crippen molar-refractivity contribution in [3.63, 3.8) is 0 Å². The molecule has 2 N–H and O–H groups in total. The molecule has 1 aliphatic heterocycles. The topological polar surface area (TPSA) is 35.5 Å². The molecule has 0 bridgehead atoms. The maximum Gasteiger partial charge on any atom is 0.124 e. The van der Waals surface area contributed by atoms with Gasteiger partial charge in [0.25, 0.3) is 0 Å². The van der Waals surface area contributed by atoms with Crippen LogP contribution >= 0.6 is 0 Å². The summed E-state index contributed by atoms with van der Waals surface area (Å²) in [5.41, 5.74) is 0. The third-order valence-electron chi connectivity index (χ3n) is 2.34. The quantitative estimate of drug-likeness (QED) is 0.488. The minimum atomic E-state index is -0.498. The van der Waals surface area contributed by atoms with Gasteiger partial charge in [-0.25, -0.2) is 0 Å². The summed E-state index contributed by atoms with van der Waals surface area (Å²) in [4.78, 5) is 0. The predicted molar refractivity (Wildman–Crippen MR) is 45.1 cm³/mol. The van der Waals surface area contributed by atoms with Gasteiger partial charge in [-0.05, 0) is 26.2 Å². The predicted octanol–water partition coefficient (Wildman–Crippen LogP) is 0.653. The molecule has 1 saturated heterocycles. The molecule has 0 radical (unpaired) electrons. The lowest BCUT2D eigenvalue weighted by molar-refractivity contribution is -0.0533. The lowest BCUT2D eigenvalue weighted by Crippen LogP contribution is -2.30. The summed E-state index contributed by atoms with van der Waals surface area (Å²) in [6.07, 6.45) is 3.08. The number of nitrogens with zero attached hydrogens (tertiary/aromatic N) is 1. The van der Waals surface area contributed by atoms with Crippen molar-refractivity contribution in [3.05, 3.63) is 0 Å². The van der Waals surface area contributed by atoms with Gasteiger partial charge in [-0.3, -0.25) is 0 Å². The monoisotopic (exact) mass is 176 g/mol. The molecule has 2 atom stereocenters. The van der Waals surface area contributed by atoms with E-state index in [2.05, 4.69) is 12.2 Å². The molecule has 0 amide bonds. The van der Waals surface area contributed by atoms with Crippen molar-refractivity contribution >= 4 is 0 Å². The largest absolute Gasteiger partial charge is 0.379 e. The van der Waals surface area contributed by atoms with Crippen molar-refractivity contribution in [3.8, 4) is 0 Å². The first-order chi connectivity index (χ1) is 5.72. The van der Waals surface area contributed by atoms with Crippen molar-refractivity contribution in [2.45, 2.75) is 38.3 Å². The molecular weight excluding hydrogens is 159 g/mol. The molecule has 1 fully saturated rings. The molecule has 0 aliphatic carbocycles. The Hall–Kier alpha value is -0.190. The molecular formula is C8H17FN2O. The molecule has 0 spiro atoms. The van der Waals surface area contributed by atoms with Crippen LogP contribution in [0, 0.1) is 0 Å². The molecule has 12 heavy (non-hydrogen) atoms. The summed E-state index contributed by atoms with van der Waals surface area (Å²) in [5.74, 6) is 0. The van der Waals surface area contributed by atoms with Crippen LogP contribution in [0.25, 0.3) is 0 Å². The number of rotatable bonds is 4. The minimum absolute atomic E-state index is 0.320. The molecule has 3 nitrogen and oxygen atoms in total.